The van der Waals surface area contributed by atoms with E-state index in [1.807, 2.05) is 37.3 Å². The van der Waals surface area contributed by atoms with E-state index in [4.69, 9.17) is 0 Å². The van der Waals surface area contributed by atoms with Crippen molar-refractivity contribution >= 4 is 37.6 Å². The van der Waals surface area contributed by atoms with Crippen molar-refractivity contribution < 1.29 is 4.79 Å². The highest BCUT2D eigenvalue weighted by molar-refractivity contribution is 9.11. The molecule has 18 heavy (non-hydrogen) atoms. The van der Waals surface area contributed by atoms with E-state index in [9.17, 15) is 4.79 Å². The molecule has 0 amide bonds. The van der Waals surface area contributed by atoms with Crippen LogP contribution in [0.15, 0.2) is 45.5 Å². The van der Waals surface area contributed by atoms with Gasteiger partial charge in [-0.2, -0.15) is 0 Å². The van der Waals surface area contributed by atoms with Crippen molar-refractivity contribution in [2.45, 2.75) is 13.3 Å². The van der Waals surface area contributed by atoms with Crippen molar-refractivity contribution in [3.63, 3.8) is 0 Å². The molecular formula is C14H11Br2NO. The molecule has 0 atom stereocenters. The van der Waals surface area contributed by atoms with Gasteiger partial charge in [0.25, 0.3) is 0 Å². The SMILES string of the molecule is Cc1cccnc1CC(=O)c1ccc(Br)cc1Br. The Kier molecular flexibility index (Phi) is 4.30. The number of rotatable bonds is 3. The molecule has 0 aliphatic carbocycles. The zero-order valence-corrected chi connectivity index (χ0v) is 13.0. The first-order valence-electron chi connectivity index (χ1n) is 5.46. The first kappa shape index (κ1) is 13.4. The number of hydrogen-bond donors (Lipinski definition) is 0. The summed E-state index contributed by atoms with van der Waals surface area (Å²) in [6, 6.07) is 9.39. The number of nitrogens with zero attached hydrogens (tertiary/aromatic N) is 1. The van der Waals surface area contributed by atoms with Gasteiger partial charge in [0.15, 0.2) is 5.78 Å². The fourth-order valence-corrected chi connectivity index (χ4v) is 2.93. The zero-order valence-electron chi connectivity index (χ0n) is 9.78. The number of halogens is 2. The standard InChI is InChI=1S/C14H11Br2NO/c1-9-3-2-6-17-13(9)8-14(18)11-5-4-10(15)7-12(11)16/h2-7H,8H2,1H3. The van der Waals surface area contributed by atoms with Crippen molar-refractivity contribution in [2.75, 3.05) is 0 Å². The number of Topliss-reactive ketones (excluding diaryl/α,β-unsaturated/α-hetero) is 1. The number of aryl methyl sites for hydroxylation is 1. The quantitative estimate of drug-likeness (QED) is 0.754. The van der Waals surface area contributed by atoms with Crippen LogP contribution in [-0.2, 0) is 6.42 Å². The predicted octanol–water partition coefficient (Wildman–Crippen LogP) is 4.34. The summed E-state index contributed by atoms with van der Waals surface area (Å²) in [6.07, 6.45) is 2.04. The predicted molar refractivity (Wildman–Crippen MR) is 78.9 cm³/mol. The normalized spacial score (nSPS) is 10.4. The van der Waals surface area contributed by atoms with Crippen LogP contribution < -0.4 is 0 Å². The average molecular weight is 369 g/mol. The van der Waals surface area contributed by atoms with E-state index >= 15 is 0 Å². The van der Waals surface area contributed by atoms with Gasteiger partial charge in [-0.05, 0) is 36.8 Å². The Bertz CT molecular complexity index is 596. The summed E-state index contributed by atoms with van der Waals surface area (Å²) in [4.78, 5) is 16.5. The van der Waals surface area contributed by atoms with Gasteiger partial charge in [0.1, 0.15) is 0 Å². The minimum atomic E-state index is 0.0659. The molecule has 1 aromatic heterocycles. The van der Waals surface area contributed by atoms with Crippen molar-refractivity contribution in [1.82, 2.24) is 4.98 Å². The van der Waals surface area contributed by atoms with Crippen LogP contribution in [-0.4, -0.2) is 10.8 Å². The highest BCUT2D eigenvalue weighted by Gasteiger charge is 2.12. The molecule has 0 fully saturated rings. The Hall–Kier alpha value is -1.000. The number of carbonyl (C=O) groups excluding carboxylic acids is 1. The van der Waals surface area contributed by atoms with Crippen molar-refractivity contribution in [1.29, 1.82) is 0 Å². The number of hydrogen-bond acceptors (Lipinski definition) is 2. The molecule has 0 bridgehead atoms. The summed E-state index contributed by atoms with van der Waals surface area (Å²) in [5.74, 6) is 0.0659. The molecule has 1 heterocycles. The molecular weight excluding hydrogens is 358 g/mol. The highest BCUT2D eigenvalue weighted by Crippen LogP contribution is 2.23. The zero-order chi connectivity index (χ0) is 13.1. The molecule has 92 valence electrons. The maximum atomic E-state index is 12.2. The molecule has 0 unspecified atom stereocenters. The lowest BCUT2D eigenvalue weighted by molar-refractivity contribution is 0.0991. The summed E-state index contributed by atoms with van der Waals surface area (Å²) in [7, 11) is 0. The molecule has 2 rings (SSSR count). The third-order valence-electron chi connectivity index (χ3n) is 2.68. The van der Waals surface area contributed by atoms with E-state index in [1.165, 1.54) is 0 Å². The summed E-state index contributed by atoms with van der Waals surface area (Å²) in [6.45, 7) is 1.96. The first-order chi connectivity index (χ1) is 8.58. The Morgan fingerprint density at radius 3 is 2.72 bits per heavy atom. The molecule has 4 heteroatoms. The molecule has 1 aromatic carbocycles. The molecule has 2 nitrogen and oxygen atoms in total. The van der Waals surface area contributed by atoms with E-state index in [0.29, 0.717) is 12.0 Å². The van der Waals surface area contributed by atoms with Crippen LogP contribution in [0.2, 0.25) is 0 Å². The van der Waals surface area contributed by atoms with Gasteiger partial charge in [0.2, 0.25) is 0 Å². The van der Waals surface area contributed by atoms with Crippen LogP contribution in [0.25, 0.3) is 0 Å². The molecule has 0 saturated heterocycles. The van der Waals surface area contributed by atoms with Gasteiger partial charge in [-0.25, -0.2) is 0 Å². The topological polar surface area (TPSA) is 30.0 Å². The second kappa shape index (κ2) is 5.76. The monoisotopic (exact) mass is 367 g/mol. The van der Waals surface area contributed by atoms with Crippen molar-refractivity contribution in [2.24, 2.45) is 0 Å². The molecule has 0 saturated carbocycles. The Morgan fingerprint density at radius 2 is 2.06 bits per heavy atom. The Labute approximate surface area is 123 Å². The number of pyridine rings is 1. The molecule has 2 aromatic rings. The van der Waals surface area contributed by atoms with E-state index in [1.54, 1.807) is 6.20 Å². The van der Waals surface area contributed by atoms with E-state index < -0.39 is 0 Å². The Balaban J connectivity index is 2.25. The lowest BCUT2D eigenvalue weighted by Gasteiger charge is -2.06. The van der Waals surface area contributed by atoms with Crippen molar-refractivity contribution in [3.8, 4) is 0 Å². The summed E-state index contributed by atoms with van der Waals surface area (Å²) in [5, 5.41) is 0. The first-order valence-corrected chi connectivity index (χ1v) is 7.05. The van der Waals surface area contributed by atoms with Gasteiger partial charge in [0, 0.05) is 20.7 Å². The van der Waals surface area contributed by atoms with Crippen LogP contribution in [0.1, 0.15) is 21.6 Å². The second-order valence-electron chi connectivity index (χ2n) is 3.99. The molecule has 0 radical (unpaired) electrons. The third-order valence-corrected chi connectivity index (χ3v) is 3.83. The molecule has 0 aliphatic rings. The summed E-state index contributed by atoms with van der Waals surface area (Å²) < 4.78 is 1.75. The van der Waals surface area contributed by atoms with Crippen LogP contribution in [0.5, 0.6) is 0 Å². The molecule has 0 aliphatic heterocycles. The fourth-order valence-electron chi connectivity index (χ4n) is 1.67. The molecule has 0 N–H and O–H groups in total. The summed E-state index contributed by atoms with van der Waals surface area (Å²) >= 11 is 6.78. The number of aromatic nitrogens is 1. The van der Waals surface area contributed by atoms with Gasteiger partial charge in [-0.15, -0.1) is 0 Å². The van der Waals surface area contributed by atoms with Gasteiger partial charge in [-0.3, -0.25) is 9.78 Å². The van der Waals surface area contributed by atoms with Crippen LogP contribution in [0.4, 0.5) is 0 Å². The number of benzene rings is 1. The fraction of sp³-hybridized carbons (Fsp3) is 0.143. The average Bonchev–Trinajstić information content (AvgIpc) is 2.32. The second-order valence-corrected chi connectivity index (χ2v) is 5.76. The van der Waals surface area contributed by atoms with E-state index in [2.05, 4.69) is 36.8 Å². The maximum Gasteiger partial charge on any atom is 0.169 e. The minimum absolute atomic E-state index is 0.0659. The number of ketones is 1. The van der Waals surface area contributed by atoms with Crippen molar-refractivity contribution in [3.05, 3.63) is 62.3 Å². The highest BCUT2D eigenvalue weighted by atomic mass is 79.9. The smallest absolute Gasteiger partial charge is 0.169 e. The van der Waals surface area contributed by atoms with Crippen LogP contribution >= 0.6 is 31.9 Å². The lowest BCUT2D eigenvalue weighted by Crippen LogP contribution is -2.07. The van der Waals surface area contributed by atoms with E-state index in [0.717, 1.165) is 20.2 Å². The van der Waals surface area contributed by atoms with Gasteiger partial charge >= 0.3 is 0 Å². The lowest BCUT2D eigenvalue weighted by atomic mass is 10.0. The van der Waals surface area contributed by atoms with Gasteiger partial charge in [0.05, 0.1) is 12.1 Å². The maximum absolute atomic E-state index is 12.2. The van der Waals surface area contributed by atoms with Crippen LogP contribution in [0, 0.1) is 6.92 Å². The minimum Gasteiger partial charge on any atom is -0.294 e. The molecule has 0 spiro atoms. The van der Waals surface area contributed by atoms with E-state index in [-0.39, 0.29) is 5.78 Å². The van der Waals surface area contributed by atoms with Gasteiger partial charge in [-0.1, -0.05) is 37.9 Å². The van der Waals surface area contributed by atoms with Gasteiger partial charge < -0.3 is 0 Å². The number of carbonyl (C=O) groups is 1. The third kappa shape index (κ3) is 3.06. The van der Waals surface area contributed by atoms with Crippen LogP contribution in [0.3, 0.4) is 0 Å². The Morgan fingerprint density at radius 1 is 1.28 bits per heavy atom. The summed E-state index contributed by atoms with van der Waals surface area (Å²) in [5.41, 5.74) is 2.56. The largest absolute Gasteiger partial charge is 0.294 e.